The highest BCUT2D eigenvalue weighted by molar-refractivity contribution is 5.89. The summed E-state index contributed by atoms with van der Waals surface area (Å²) in [5.41, 5.74) is 0. The van der Waals surface area contributed by atoms with Crippen LogP contribution in [0.2, 0.25) is 0 Å². The van der Waals surface area contributed by atoms with Crippen LogP contribution in [0.3, 0.4) is 0 Å². The molecule has 0 radical (unpaired) electrons. The second kappa shape index (κ2) is 10.0. The van der Waals surface area contributed by atoms with E-state index >= 15 is 0 Å². The number of ether oxygens (including phenoxy) is 3. The molecular formula is C15H25NO7. The lowest BCUT2D eigenvalue weighted by atomic mass is 9.88. The second-order valence-corrected chi connectivity index (χ2v) is 5.34. The summed E-state index contributed by atoms with van der Waals surface area (Å²) >= 11 is 0. The fourth-order valence-corrected chi connectivity index (χ4v) is 2.48. The summed E-state index contributed by atoms with van der Waals surface area (Å²) in [6.45, 7) is 4.63. The maximum atomic E-state index is 12.0. The number of carbonyl (C=O) groups is 3. The monoisotopic (exact) mass is 331 g/mol. The molecule has 0 spiro atoms. The number of hydrogen-bond acceptors (Lipinski definition) is 6. The first-order chi connectivity index (χ1) is 11.0. The van der Waals surface area contributed by atoms with Crippen molar-refractivity contribution in [1.29, 1.82) is 0 Å². The highest BCUT2D eigenvalue weighted by Crippen LogP contribution is 2.27. The molecule has 1 amide bonds. The Bertz CT molecular complexity index is 413. The molecule has 3 atom stereocenters. The number of unbranched alkanes of at least 4 members (excludes halogenated alkanes) is 1. The Morgan fingerprint density at radius 2 is 1.96 bits per heavy atom. The molecule has 23 heavy (non-hydrogen) atoms. The smallest absolute Gasteiger partial charge is 0.480 e. The average molecular weight is 331 g/mol. The lowest BCUT2D eigenvalue weighted by Gasteiger charge is -2.19. The van der Waals surface area contributed by atoms with E-state index in [1.54, 1.807) is 6.92 Å². The van der Waals surface area contributed by atoms with Gasteiger partial charge in [0, 0.05) is 25.0 Å². The summed E-state index contributed by atoms with van der Waals surface area (Å²) in [5.74, 6) is -2.70. The van der Waals surface area contributed by atoms with Crippen LogP contribution in [0, 0.1) is 11.8 Å². The highest BCUT2D eigenvalue weighted by atomic mass is 16.7. The van der Waals surface area contributed by atoms with E-state index in [0.29, 0.717) is 19.6 Å². The van der Waals surface area contributed by atoms with Gasteiger partial charge in [0.15, 0.2) is 0 Å². The Morgan fingerprint density at radius 3 is 2.57 bits per heavy atom. The molecule has 0 bridgehead atoms. The van der Waals surface area contributed by atoms with Crippen molar-refractivity contribution in [2.75, 3.05) is 26.4 Å². The molecule has 1 saturated heterocycles. The largest absolute Gasteiger partial charge is 0.508 e. The Labute approximate surface area is 135 Å². The summed E-state index contributed by atoms with van der Waals surface area (Å²) in [4.78, 5) is 34.5. The minimum absolute atomic E-state index is 0.164. The Balaban J connectivity index is 2.58. The summed E-state index contributed by atoms with van der Waals surface area (Å²) in [6, 6.07) is -1.07. The zero-order chi connectivity index (χ0) is 17.2. The SMILES string of the molecule is CCCCOCCC1C(=O)NC(C(=O)O)[C@@H]1COC(=O)OCC. The molecule has 0 aromatic rings. The third-order valence-electron chi connectivity index (χ3n) is 3.72. The van der Waals surface area contributed by atoms with Gasteiger partial charge in [-0.15, -0.1) is 0 Å². The van der Waals surface area contributed by atoms with E-state index in [1.165, 1.54) is 0 Å². The number of rotatable bonds is 10. The molecule has 8 heteroatoms. The predicted octanol–water partition coefficient (Wildman–Crippen LogP) is 1.18. The number of amides is 1. The van der Waals surface area contributed by atoms with Crippen LogP contribution in [0.4, 0.5) is 4.79 Å². The van der Waals surface area contributed by atoms with Crippen molar-refractivity contribution >= 4 is 18.0 Å². The number of nitrogens with one attached hydrogen (secondary N) is 1. The number of aliphatic carboxylic acids is 1. The molecule has 1 fully saturated rings. The predicted molar refractivity (Wildman–Crippen MR) is 79.9 cm³/mol. The molecule has 0 aliphatic carbocycles. The van der Waals surface area contributed by atoms with Crippen molar-refractivity contribution in [2.24, 2.45) is 11.8 Å². The van der Waals surface area contributed by atoms with Gasteiger partial charge in [-0.1, -0.05) is 13.3 Å². The minimum Gasteiger partial charge on any atom is -0.480 e. The van der Waals surface area contributed by atoms with Gasteiger partial charge in [-0.2, -0.15) is 0 Å². The van der Waals surface area contributed by atoms with Crippen LogP contribution in [-0.2, 0) is 23.8 Å². The topological polar surface area (TPSA) is 111 Å². The van der Waals surface area contributed by atoms with E-state index in [1.807, 2.05) is 6.92 Å². The average Bonchev–Trinajstić information content (AvgIpc) is 2.82. The van der Waals surface area contributed by atoms with Gasteiger partial charge in [0.05, 0.1) is 6.61 Å². The number of carbonyl (C=O) groups excluding carboxylic acids is 2. The van der Waals surface area contributed by atoms with Gasteiger partial charge in [-0.05, 0) is 19.8 Å². The lowest BCUT2D eigenvalue weighted by Crippen LogP contribution is -2.39. The zero-order valence-corrected chi connectivity index (χ0v) is 13.6. The van der Waals surface area contributed by atoms with Gasteiger partial charge in [0.25, 0.3) is 0 Å². The maximum absolute atomic E-state index is 12.0. The standard InChI is InChI=1S/C15H25NO7/c1-3-5-7-21-8-6-10-11(9-23-15(20)22-4-2)12(14(18)19)16-13(10)17/h10-12H,3-9H2,1-2H3,(H,16,17)(H,18,19)/t10?,11-,12?/m1/s1. The molecule has 1 rings (SSSR count). The molecule has 0 aromatic carbocycles. The first kappa shape index (κ1) is 19.2. The van der Waals surface area contributed by atoms with E-state index < -0.39 is 30.0 Å². The molecule has 0 saturated carbocycles. The Morgan fingerprint density at radius 1 is 1.22 bits per heavy atom. The van der Waals surface area contributed by atoms with Crippen molar-refractivity contribution in [3.8, 4) is 0 Å². The first-order valence-electron chi connectivity index (χ1n) is 7.91. The highest BCUT2D eigenvalue weighted by Gasteiger charge is 2.46. The van der Waals surface area contributed by atoms with Crippen LogP contribution >= 0.6 is 0 Å². The summed E-state index contributed by atoms with van der Waals surface area (Å²) in [7, 11) is 0. The molecule has 0 aromatic heterocycles. The Kier molecular flexibility index (Phi) is 8.39. The molecule has 1 heterocycles. The van der Waals surface area contributed by atoms with Crippen LogP contribution in [0.15, 0.2) is 0 Å². The van der Waals surface area contributed by atoms with Crippen molar-refractivity contribution < 1.29 is 33.7 Å². The normalized spacial score (nSPS) is 23.4. The van der Waals surface area contributed by atoms with Crippen molar-refractivity contribution in [3.05, 3.63) is 0 Å². The molecule has 132 valence electrons. The molecule has 2 unspecified atom stereocenters. The second-order valence-electron chi connectivity index (χ2n) is 5.34. The number of carboxylic acids is 1. The van der Waals surface area contributed by atoms with E-state index in [2.05, 4.69) is 10.1 Å². The van der Waals surface area contributed by atoms with E-state index in [-0.39, 0.29) is 19.1 Å². The third kappa shape index (κ3) is 6.05. The Hall–Kier alpha value is -1.83. The molecule has 2 N–H and O–H groups in total. The van der Waals surface area contributed by atoms with Crippen molar-refractivity contribution in [3.63, 3.8) is 0 Å². The van der Waals surface area contributed by atoms with Crippen LogP contribution in [0.1, 0.15) is 33.1 Å². The first-order valence-corrected chi connectivity index (χ1v) is 7.91. The van der Waals surface area contributed by atoms with Gasteiger partial charge < -0.3 is 24.6 Å². The quantitative estimate of drug-likeness (QED) is 0.457. The van der Waals surface area contributed by atoms with E-state index in [9.17, 15) is 19.5 Å². The van der Waals surface area contributed by atoms with Gasteiger partial charge in [0.1, 0.15) is 12.6 Å². The minimum atomic E-state index is -1.15. The summed E-state index contributed by atoms with van der Waals surface area (Å²) in [6.07, 6.45) is 1.47. The molecule has 1 aliphatic rings. The zero-order valence-electron chi connectivity index (χ0n) is 13.6. The van der Waals surface area contributed by atoms with Crippen LogP contribution in [-0.4, -0.2) is 55.6 Å². The van der Waals surface area contributed by atoms with E-state index in [0.717, 1.165) is 12.8 Å². The van der Waals surface area contributed by atoms with E-state index in [4.69, 9.17) is 9.47 Å². The molecule has 1 aliphatic heterocycles. The fourth-order valence-electron chi connectivity index (χ4n) is 2.48. The molecular weight excluding hydrogens is 306 g/mol. The number of hydrogen-bond donors (Lipinski definition) is 2. The summed E-state index contributed by atoms with van der Waals surface area (Å²) < 4.78 is 15.0. The lowest BCUT2D eigenvalue weighted by molar-refractivity contribution is -0.141. The van der Waals surface area contributed by atoms with Gasteiger partial charge >= 0.3 is 12.1 Å². The third-order valence-corrected chi connectivity index (χ3v) is 3.72. The van der Waals surface area contributed by atoms with Crippen molar-refractivity contribution in [1.82, 2.24) is 5.32 Å². The van der Waals surface area contributed by atoms with Gasteiger partial charge in [0.2, 0.25) is 5.91 Å². The van der Waals surface area contributed by atoms with Crippen LogP contribution < -0.4 is 5.32 Å². The maximum Gasteiger partial charge on any atom is 0.508 e. The fraction of sp³-hybridized carbons (Fsp3) is 0.800. The molecule has 8 nitrogen and oxygen atoms in total. The van der Waals surface area contributed by atoms with Crippen molar-refractivity contribution in [2.45, 2.75) is 39.2 Å². The van der Waals surface area contributed by atoms with Gasteiger partial charge in [-0.25, -0.2) is 9.59 Å². The summed E-state index contributed by atoms with van der Waals surface area (Å²) in [5, 5.41) is 11.6. The number of carboxylic acid groups (broad SMARTS) is 1. The van der Waals surface area contributed by atoms with Crippen LogP contribution in [0.5, 0.6) is 0 Å². The van der Waals surface area contributed by atoms with Gasteiger partial charge in [-0.3, -0.25) is 4.79 Å². The van der Waals surface area contributed by atoms with Crippen LogP contribution in [0.25, 0.3) is 0 Å².